The van der Waals surface area contributed by atoms with E-state index in [-0.39, 0.29) is 5.15 Å². The Morgan fingerprint density at radius 1 is 1.43 bits per heavy atom. The van der Waals surface area contributed by atoms with Crippen LogP contribution in [0.25, 0.3) is 5.82 Å². The van der Waals surface area contributed by atoms with E-state index < -0.39 is 0 Å². The van der Waals surface area contributed by atoms with Crippen LogP contribution in [-0.2, 0) is 0 Å². The largest absolute Gasteiger partial charge is 0.298 e. The van der Waals surface area contributed by atoms with Crippen molar-refractivity contribution in [2.75, 3.05) is 0 Å². The van der Waals surface area contributed by atoms with Crippen molar-refractivity contribution in [1.29, 1.82) is 0 Å². The van der Waals surface area contributed by atoms with E-state index in [1.165, 1.54) is 10.9 Å². The van der Waals surface area contributed by atoms with E-state index in [1.54, 1.807) is 18.3 Å². The predicted octanol–water partition coefficient (Wildman–Crippen LogP) is 1.73. The minimum atomic E-state index is 0.186. The second-order valence-corrected chi connectivity index (χ2v) is 2.98. The molecule has 0 radical (unpaired) electrons. The Morgan fingerprint density at radius 3 is 2.86 bits per heavy atom. The minimum absolute atomic E-state index is 0.186. The molecule has 2 rings (SSSR count). The van der Waals surface area contributed by atoms with Crippen LogP contribution in [0.3, 0.4) is 0 Å². The first-order chi connectivity index (χ1) is 6.81. The van der Waals surface area contributed by atoms with Crippen LogP contribution in [0.1, 0.15) is 10.4 Å². The summed E-state index contributed by atoms with van der Waals surface area (Å²) in [6.07, 6.45) is 3.85. The van der Waals surface area contributed by atoms with Gasteiger partial charge in [0.15, 0.2) is 17.3 Å². The number of nitrogens with zero attached hydrogens (tertiary/aromatic N) is 3. The summed E-state index contributed by atoms with van der Waals surface area (Å²) in [6, 6.07) is 5.41. The van der Waals surface area contributed by atoms with E-state index in [9.17, 15) is 4.79 Å². The highest BCUT2D eigenvalue weighted by atomic mass is 35.5. The van der Waals surface area contributed by atoms with E-state index in [4.69, 9.17) is 11.6 Å². The average molecular weight is 208 g/mol. The summed E-state index contributed by atoms with van der Waals surface area (Å²) in [7, 11) is 0. The Kier molecular flexibility index (Phi) is 2.28. The van der Waals surface area contributed by atoms with E-state index in [2.05, 4.69) is 10.1 Å². The van der Waals surface area contributed by atoms with E-state index in [1.807, 2.05) is 6.07 Å². The van der Waals surface area contributed by atoms with Gasteiger partial charge >= 0.3 is 0 Å². The fourth-order valence-electron chi connectivity index (χ4n) is 1.05. The molecule has 0 aliphatic rings. The normalized spacial score (nSPS) is 10.1. The van der Waals surface area contributed by atoms with Crippen molar-refractivity contribution >= 4 is 17.9 Å². The van der Waals surface area contributed by atoms with Gasteiger partial charge in [-0.15, -0.1) is 0 Å². The van der Waals surface area contributed by atoms with E-state index in [0.29, 0.717) is 17.7 Å². The lowest BCUT2D eigenvalue weighted by Gasteiger charge is -1.96. The van der Waals surface area contributed by atoms with Gasteiger partial charge in [-0.1, -0.05) is 17.7 Å². The molecule has 4 nitrogen and oxygen atoms in total. The van der Waals surface area contributed by atoms with Crippen LogP contribution in [-0.4, -0.2) is 21.1 Å². The van der Waals surface area contributed by atoms with Crippen LogP contribution < -0.4 is 0 Å². The molecule has 0 fully saturated rings. The number of carbonyl (C=O) groups is 1. The van der Waals surface area contributed by atoms with Gasteiger partial charge in [0, 0.05) is 12.4 Å². The van der Waals surface area contributed by atoms with Crippen molar-refractivity contribution in [3.8, 4) is 5.82 Å². The summed E-state index contributed by atoms with van der Waals surface area (Å²) >= 11 is 5.70. The quantitative estimate of drug-likeness (QED) is 0.705. The van der Waals surface area contributed by atoms with E-state index in [0.717, 1.165) is 0 Å². The number of hydrogen-bond donors (Lipinski definition) is 0. The number of pyridine rings is 1. The molecule has 0 bridgehead atoms. The van der Waals surface area contributed by atoms with Gasteiger partial charge in [0.1, 0.15) is 0 Å². The zero-order valence-corrected chi connectivity index (χ0v) is 7.85. The third-order valence-electron chi connectivity index (χ3n) is 1.71. The third-order valence-corrected chi connectivity index (χ3v) is 2.00. The minimum Gasteiger partial charge on any atom is -0.298 e. The highest BCUT2D eigenvalue weighted by Crippen LogP contribution is 2.13. The van der Waals surface area contributed by atoms with Gasteiger partial charge in [0.2, 0.25) is 0 Å². The van der Waals surface area contributed by atoms with Crippen molar-refractivity contribution < 1.29 is 4.79 Å². The molecule has 0 saturated heterocycles. The maximum Gasteiger partial charge on any atom is 0.162 e. The Balaban J connectivity index is 2.48. The van der Waals surface area contributed by atoms with E-state index >= 15 is 0 Å². The van der Waals surface area contributed by atoms with Gasteiger partial charge < -0.3 is 0 Å². The fraction of sp³-hybridized carbons (Fsp3) is 0. The van der Waals surface area contributed by atoms with Gasteiger partial charge in [-0.25, -0.2) is 9.67 Å². The van der Waals surface area contributed by atoms with Crippen molar-refractivity contribution in [3.63, 3.8) is 0 Å². The standard InChI is InChI=1S/C9H6ClN3O/c10-9-7(6-14)5-13(12-9)8-3-1-2-4-11-8/h1-6H. The molecular weight excluding hydrogens is 202 g/mol. The highest BCUT2D eigenvalue weighted by molar-refractivity contribution is 6.31. The number of hydrogen-bond acceptors (Lipinski definition) is 3. The lowest BCUT2D eigenvalue weighted by molar-refractivity contribution is 0.112. The SMILES string of the molecule is O=Cc1cn(-c2ccccn2)nc1Cl. The molecule has 0 unspecified atom stereocenters. The molecule has 2 heterocycles. The molecule has 0 saturated carbocycles. The maximum absolute atomic E-state index is 10.5. The lowest BCUT2D eigenvalue weighted by Crippen LogP contribution is -1.96. The Labute approximate surface area is 85.1 Å². The molecule has 0 spiro atoms. The number of halogens is 1. The summed E-state index contributed by atoms with van der Waals surface area (Å²) in [4.78, 5) is 14.6. The smallest absolute Gasteiger partial charge is 0.162 e. The van der Waals surface area contributed by atoms with Crippen LogP contribution in [0.4, 0.5) is 0 Å². The molecule has 14 heavy (non-hydrogen) atoms. The molecule has 70 valence electrons. The molecule has 2 aromatic heterocycles. The first-order valence-corrected chi connectivity index (χ1v) is 4.31. The lowest BCUT2D eigenvalue weighted by atomic mass is 10.4. The monoisotopic (exact) mass is 207 g/mol. The second kappa shape index (κ2) is 3.59. The average Bonchev–Trinajstić information content (AvgIpc) is 2.61. The fourth-order valence-corrected chi connectivity index (χ4v) is 1.23. The molecule has 0 aromatic carbocycles. The molecule has 0 atom stereocenters. The molecule has 2 aromatic rings. The number of carbonyl (C=O) groups excluding carboxylic acids is 1. The van der Waals surface area contributed by atoms with Crippen LogP contribution in [0.5, 0.6) is 0 Å². The summed E-state index contributed by atoms with van der Waals surface area (Å²) in [6.45, 7) is 0. The van der Waals surface area contributed by atoms with Crippen LogP contribution >= 0.6 is 11.6 Å². The Morgan fingerprint density at radius 2 is 2.29 bits per heavy atom. The molecule has 0 aliphatic heterocycles. The summed E-state index contributed by atoms with van der Waals surface area (Å²) < 4.78 is 1.46. The Hall–Kier alpha value is -1.68. The molecular formula is C9H6ClN3O. The second-order valence-electron chi connectivity index (χ2n) is 2.63. The number of aromatic nitrogens is 3. The molecule has 0 aliphatic carbocycles. The van der Waals surface area contributed by atoms with Gasteiger partial charge in [-0.2, -0.15) is 5.10 Å². The first-order valence-electron chi connectivity index (χ1n) is 3.93. The van der Waals surface area contributed by atoms with Gasteiger partial charge in [0.25, 0.3) is 0 Å². The zero-order chi connectivity index (χ0) is 9.97. The summed E-state index contributed by atoms with van der Waals surface area (Å²) in [5.74, 6) is 0.627. The number of rotatable bonds is 2. The van der Waals surface area contributed by atoms with Gasteiger partial charge in [-0.3, -0.25) is 4.79 Å². The van der Waals surface area contributed by atoms with Gasteiger partial charge in [0.05, 0.1) is 5.56 Å². The van der Waals surface area contributed by atoms with Crippen molar-refractivity contribution in [1.82, 2.24) is 14.8 Å². The van der Waals surface area contributed by atoms with Crippen molar-refractivity contribution in [2.24, 2.45) is 0 Å². The van der Waals surface area contributed by atoms with Crippen LogP contribution in [0, 0.1) is 0 Å². The molecule has 0 N–H and O–H groups in total. The summed E-state index contributed by atoms with van der Waals surface area (Å²) in [5.41, 5.74) is 0.359. The van der Waals surface area contributed by atoms with Crippen molar-refractivity contribution in [2.45, 2.75) is 0 Å². The van der Waals surface area contributed by atoms with Crippen LogP contribution in [0.2, 0.25) is 5.15 Å². The Bertz CT molecular complexity index is 452. The third kappa shape index (κ3) is 1.52. The maximum atomic E-state index is 10.5. The summed E-state index contributed by atoms with van der Waals surface area (Å²) in [5, 5.41) is 4.13. The zero-order valence-electron chi connectivity index (χ0n) is 7.09. The van der Waals surface area contributed by atoms with Crippen molar-refractivity contribution in [3.05, 3.63) is 41.3 Å². The number of aldehydes is 1. The first kappa shape index (κ1) is 8.90. The van der Waals surface area contributed by atoms with Crippen LogP contribution in [0.15, 0.2) is 30.6 Å². The molecule has 0 amide bonds. The molecule has 5 heteroatoms. The van der Waals surface area contributed by atoms with Gasteiger partial charge in [-0.05, 0) is 12.1 Å². The predicted molar refractivity (Wildman–Crippen MR) is 51.8 cm³/mol. The highest BCUT2D eigenvalue weighted by Gasteiger charge is 2.06. The topological polar surface area (TPSA) is 47.8 Å².